The Labute approximate surface area is 249 Å². The van der Waals surface area contributed by atoms with Crippen molar-refractivity contribution in [3.63, 3.8) is 0 Å². The first-order chi connectivity index (χ1) is 20.4. The van der Waals surface area contributed by atoms with E-state index in [0.29, 0.717) is 0 Å². The van der Waals surface area contributed by atoms with E-state index >= 15 is 0 Å². The Balaban J connectivity index is 0.000000736. The summed E-state index contributed by atoms with van der Waals surface area (Å²) < 4.78 is 15.3. The second-order valence-electron chi connectivity index (χ2n) is 9.74. The van der Waals surface area contributed by atoms with Crippen molar-refractivity contribution in [1.82, 2.24) is 0 Å². The van der Waals surface area contributed by atoms with Gasteiger partial charge in [0, 0.05) is 0 Å². The molecule has 2 aliphatic rings. The van der Waals surface area contributed by atoms with Gasteiger partial charge in [0.05, 0.1) is 25.9 Å². The molecular formula is C23H44O21. The molecule has 2 fully saturated rings. The molecule has 2 rings (SSSR count). The number of rotatable bonds is 12. The normalized spacial score (nSPS) is 36.9. The lowest BCUT2D eigenvalue weighted by molar-refractivity contribution is -0.355. The molecule has 21 heteroatoms. The molecule has 2 aliphatic heterocycles. The second-order valence-corrected chi connectivity index (χ2v) is 9.74. The maximum atomic E-state index is 9.94. The summed E-state index contributed by atoms with van der Waals surface area (Å²) in [5.74, 6) is 0. The smallest absolute Gasteiger partial charge is 0.187 e. The molecule has 0 amide bonds. The molecule has 1 unspecified atom stereocenters. The van der Waals surface area contributed by atoms with Gasteiger partial charge in [0.25, 0.3) is 0 Å². The summed E-state index contributed by atoms with van der Waals surface area (Å²) in [6.45, 7) is -0.792. The van der Waals surface area contributed by atoms with Crippen LogP contribution in [0.5, 0.6) is 0 Å². The minimum absolute atomic E-state index is 0.0869. The van der Waals surface area contributed by atoms with E-state index in [4.69, 9.17) is 60.2 Å². The van der Waals surface area contributed by atoms with E-state index in [1.165, 1.54) is 6.92 Å². The Hall–Kier alpha value is -1.42. The highest BCUT2D eigenvalue weighted by molar-refractivity contribution is 5.57. The molecule has 0 saturated carbocycles. The van der Waals surface area contributed by atoms with Gasteiger partial charge in [0.15, 0.2) is 25.2 Å². The van der Waals surface area contributed by atoms with E-state index in [1.807, 2.05) is 0 Å². The Morgan fingerprint density at radius 2 is 1.14 bits per heavy atom. The van der Waals surface area contributed by atoms with Gasteiger partial charge in [0.2, 0.25) is 0 Å². The van der Waals surface area contributed by atoms with Gasteiger partial charge in [-0.2, -0.15) is 0 Å². The molecule has 16 N–H and O–H groups in total. The Morgan fingerprint density at radius 1 is 0.636 bits per heavy atom. The predicted molar refractivity (Wildman–Crippen MR) is 136 cm³/mol. The number of ether oxygens (including phenoxy) is 3. The molecule has 262 valence electrons. The van der Waals surface area contributed by atoms with Crippen molar-refractivity contribution < 1.29 is 106 Å². The van der Waals surface area contributed by atoms with Crippen LogP contribution in [0.3, 0.4) is 0 Å². The molecule has 0 aromatic rings. The molecule has 0 aliphatic carbocycles. The van der Waals surface area contributed by atoms with Crippen LogP contribution in [0.2, 0.25) is 0 Å². The average molecular weight is 657 g/mol. The zero-order valence-corrected chi connectivity index (χ0v) is 23.3. The minimum Gasteiger partial charge on any atom is -0.394 e. The molecule has 2 heterocycles. The van der Waals surface area contributed by atoms with Crippen LogP contribution in [-0.2, 0) is 23.8 Å². The summed E-state index contributed by atoms with van der Waals surface area (Å²) in [5.41, 5.74) is 0. The first-order valence-electron chi connectivity index (χ1n) is 13.0. The van der Waals surface area contributed by atoms with E-state index in [0.717, 1.165) is 0 Å². The standard InChI is InChI=1S/C12H22O11.C6H12O5.C5H10O5/c13-1-3-5(15)6(16)9(19)12(22-3)23-10-4(2-14)21-11(20)8(18)7(10)17;1-3(8)5(10)6(11)4(9)2-7;6-1-3(8)5(10)4(9)2-7/h3-20H,1-2H2;2-6,8-11H,1H3;1,3-5,7-10H,2H2/t3-,4-,5+,6+,7-,8-,9-,10-,11?,12+;3-,4-,5-,6-;3-,4-,5+/m100/s1. The highest BCUT2D eigenvalue weighted by Crippen LogP contribution is 2.28. The van der Waals surface area contributed by atoms with Crippen LogP contribution in [-0.4, -0.2) is 218 Å². The summed E-state index contributed by atoms with van der Waals surface area (Å²) >= 11 is 0. The maximum Gasteiger partial charge on any atom is 0.187 e. The van der Waals surface area contributed by atoms with Gasteiger partial charge in [-0.25, -0.2) is 0 Å². The maximum absolute atomic E-state index is 9.94. The fourth-order valence-corrected chi connectivity index (χ4v) is 3.55. The molecule has 0 spiro atoms. The predicted octanol–water partition coefficient (Wildman–Crippen LogP) is -10.5. The van der Waals surface area contributed by atoms with E-state index in [-0.39, 0.29) is 12.6 Å². The van der Waals surface area contributed by atoms with Gasteiger partial charge in [-0.15, -0.1) is 0 Å². The van der Waals surface area contributed by atoms with Gasteiger partial charge in [-0.1, -0.05) is 0 Å². The quantitative estimate of drug-likeness (QED) is 0.0866. The number of hydrogen-bond acceptors (Lipinski definition) is 21. The summed E-state index contributed by atoms with van der Waals surface area (Å²) in [7, 11) is 0. The highest BCUT2D eigenvalue weighted by atomic mass is 16.7. The summed E-state index contributed by atoms with van der Waals surface area (Å²) in [4.78, 5) is 19.6. The largest absolute Gasteiger partial charge is 0.394 e. The molecule has 0 bridgehead atoms. The third-order valence-corrected chi connectivity index (χ3v) is 6.38. The number of aliphatic hydroxyl groups is 16. The van der Waals surface area contributed by atoms with E-state index in [9.17, 15) is 45.3 Å². The summed E-state index contributed by atoms with van der Waals surface area (Å²) in [6, 6.07) is 0. The molecule has 0 aromatic heterocycles. The number of carbonyl (C=O) groups excluding carboxylic acids is 2. The van der Waals surface area contributed by atoms with Crippen LogP contribution in [0.4, 0.5) is 0 Å². The summed E-state index contributed by atoms with van der Waals surface area (Å²) in [5, 5.41) is 146. The van der Waals surface area contributed by atoms with E-state index < -0.39 is 124 Å². The van der Waals surface area contributed by atoms with Crippen LogP contribution in [0.1, 0.15) is 6.92 Å². The van der Waals surface area contributed by atoms with E-state index in [2.05, 4.69) is 0 Å². The first-order valence-corrected chi connectivity index (χ1v) is 13.0. The van der Waals surface area contributed by atoms with Crippen LogP contribution in [0.15, 0.2) is 0 Å². The zero-order chi connectivity index (χ0) is 34.5. The van der Waals surface area contributed by atoms with Crippen LogP contribution >= 0.6 is 0 Å². The topological polar surface area (TPSA) is 386 Å². The lowest BCUT2D eigenvalue weighted by Crippen LogP contribution is -2.64. The molecule has 17 atom stereocenters. The van der Waals surface area contributed by atoms with Gasteiger partial charge >= 0.3 is 0 Å². The van der Waals surface area contributed by atoms with Crippen molar-refractivity contribution in [2.24, 2.45) is 0 Å². The van der Waals surface area contributed by atoms with Crippen LogP contribution < -0.4 is 0 Å². The van der Waals surface area contributed by atoms with Crippen molar-refractivity contribution in [1.29, 1.82) is 0 Å². The summed E-state index contributed by atoms with van der Waals surface area (Å²) in [6.07, 6.45) is -26.1. The number of aliphatic hydroxyl groups excluding tert-OH is 16. The van der Waals surface area contributed by atoms with Crippen molar-refractivity contribution in [3.05, 3.63) is 0 Å². The van der Waals surface area contributed by atoms with Gasteiger partial charge < -0.3 is 106 Å². The molecule has 21 nitrogen and oxygen atoms in total. The number of carbonyl (C=O) groups is 2. The number of aldehydes is 2. The van der Waals surface area contributed by atoms with Crippen molar-refractivity contribution in [2.75, 3.05) is 19.8 Å². The Morgan fingerprint density at radius 3 is 1.57 bits per heavy atom. The monoisotopic (exact) mass is 656 g/mol. The lowest BCUT2D eigenvalue weighted by atomic mass is 9.97. The zero-order valence-electron chi connectivity index (χ0n) is 23.3. The average Bonchev–Trinajstić information content (AvgIpc) is 3.02. The van der Waals surface area contributed by atoms with Crippen LogP contribution in [0.25, 0.3) is 0 Å². The lowest BCUT2D eigenvalue weighted by Gasteiger charge is -2.45. The molecule has 44 heavy (non-hydrogen) atoms. The van der Waals surface area contributed by atoms with Gasteiger partial charge in [-0.3, -0.25) is 0 Å². The molecule has 0 radical (unpaired) electrons. The van der Waals surface area contributed by atoms with Crippen molar-refractivity contribution in [3.8, 4) is 0 Å². The minimum atomic E-state index is -1.74. The second kappa shape index (κ2) is 20.7. The van der Waals surface area contributed by atoms with Gasteiger partial charge in [-0.05, 0) is 6.92 Å². The molecular weight excluding hydrogens is 612 g/mol. The van der Waals surface area contributed by atoms with E-state index in [1.54, 1.807) is 0 Å². The SMILES string of the molecule is C[C@H](O)[C@H](O)[C@@H](O)[C@@H](O)C=O.O=C[C@H](O)[C@@H](O)[C@@H](O)CO.OC[C@H]1O[C@@H](O[C@H]2[C@H](O)[C@@H](O)C(O)O[C@@H]2CO)[C@H](O)[C@@H](O)[C@H]1O. The first kappa shape index (κ1) is 42.6. The fraction of sp³-hybridized carbons (Fsp3) is 0.913. The van der Waals surface area contributed by atoms with Crippen molar-refractivity contribution >= 4 is 12.6 Å². The van der Waals surface area contributed by atoms with Crippen molar-refractivity contribution in [2.45, 2.75) is 111 Å². The van der Waals surface area contributed by atoms with Gasteiger partial charge in [0.1, 0.15) is 85.5 Å². The third kappa shape index (κ3) is 12.1. The fourth-order valence-electron chi connectivity index (χ4n) is 3.55. The Kier molecular flexibility index (Phi) is 20.0. The van der Waals surface area contributed by atoms with Crippen LogP contribution in [0, 0.1) is 0 Å². The highest BCUT2D eigenvalue weighted by Gasteiger charge is 2.50. The molecule has 0 aromatic carbocycles. The Bertz CT molecular complexity index is 787. The third-order valence-electron chi connectivity index (χ3n) is 6.38. The number of hydrogen-bond donors (Lipinski definition) is 16. The molecule has 2 saturated heterocycles.